The first-order chi connectivity index (χ1) is 19.9. The number of nitrogens with zero attached hydrogens (tertiary/aromatic N) is 2. The van der Waals surface area contributed by atoms with Crippen LogP contribution in [0.4, 0.5) is 0 Å². The third-order valence-electron chi connectivity index (χ3n) is 7.04. The van der Waals surface area contributed by atoms with Crippen molar-refractivity contribution in [2.75, 3.05) is 27.9 Å². The van der Waals surface area contributed by atoms with Crippen molar-refractivity contribution in [3.8, 4) is 17.2 Å². The van der Waals surface area contributed by atoms with Gasteiger partial charge in [-0.3, -0.25) is 9.36 Å². The Balaban J connectivity index is 1.88. The third kappa shape index (κ3) is 5.13. The van der Waals surface area contributed by atoms with Gasteiger partial charge in [-0.1, -0.05) is 55.0 Å². The molecule has 41 heavy (non-hydrogen) atoms. The van der Waals surface area contributed by atoms with Crippen molar-refractivity contribution in [2.24, 2.45) is 4.99 Å². The lowest BCUT2D eigenvalue weighted by Crippen LogP contribution is -2.40. The average Bonchev–Trinajstić information content (AvgIpc) is 3.30. The smallest absolute Gasteiger partial charge is 0.338 e. The van der Waals surface area contributed by atoms with E-state index in [4.69, 9.17) is 23.9 Å². The number of allylic oxidation sites excluding steroid dienone is 1. The fraction of sp³-hybridized carbons (Fsp3) is 0.281. The molecule has 3 aromatic carbocycles. The van der Waals surface area contributed by atoms with E-state index in [-0.39, 0.29) is 12.2 Å². The minimum atomic E-state index is -0.803. The summed E-state index contributed by atoms with van der Waals surface area (Å²) >= 11 is 1.27. The molecule has 0 N–H and O–H groups in total. The molecule has 0 saturated carbocycles. The number of fused-ring (bicyclic) bond motifs is 2. The molecule has 0 amide bonds. The molecule has 0 aliphatic carbocycles. The number of rotatable bonds is 9. The Kier molecular flexibility index (Phi) is 8.26. The van der Waals surface area contributed by atoms with Crippen molar-refractivity contribution in [1.82, 2.24) is 4.57 Å². The molecule has 0 saturated heterocycles. The van der Waals surface area contributed by atoms with Crippen molar-refractivity contribution in [3.63, 3.8) is 0 Å². The van der Waals surface area contributed by atoms with E-state index in [1.54, 1.807) is 51.0 Å². The highest BCUT2D eigenvalue weighted by molar-refractivity contribution is 7.07. The van der Waals surface area contributed by atoms with Gasteiger partial charge in [0.05, 0.1) is 43.7 Å². The summed E-state index contributed by atoms with van der Waals surface area (Å²) in [6.07, 6.45) is 3.08. The molecule has 4 aromatic rings. The monoisotopic (exact) mass is 572 g/mol. The average molecular weight is 573 g/mol. The normalized spacial score (nSPS) is 15.0. The van der Waals surface area contributed by atoms with Gasteiger partial charge in [0, 0.05) is 11.1 Å². The summed E-state index contributed by atoms with van der Waals surface area (Å²) in [4.78, 5) is 33.3. The largest absolute Gasteiger partial charge is 0.497 e. The molecule has 1 aromatic heterocycles. The Morgan fingerprint density at radius 3 is 2.46 bits per heavy atom. The number of aromatic nitrogens is 1. The molecular formula is C32H32N2O6S. The number of thiazole rings is 1. The molecule has 0 radical (unpaired) electrons. The summed E-state index contributed by atoms with van der Waals surface area (Å²) in [5, 5.41) is 1.84. The summed E-state index contributed by atoms with van der Waals surface area (Å²) in [5.41, 5.74) is 2.08. The number of carbonyl (C=O) groups excluding carboxylic acids is 1. The predicted octanol–water partition coefficient (Wildman–Crippen LogP) is 4.76. The van der Waals surface area contributed by atoms with Crippen LogP contribution < -0.4 is 29.1 Å². The van der Waals surface area contributed by atoms with E-state index in [1.165, 1.54) is 11.3 Å². The van der Waals surface area contributed by atoms with Gasteiger partial charge in [0.25, 0.3) is 5.56 Å². The molecular weight excluding hydrogens is 540 g/mol. The number of hydrogen-bond donors (Lipinski definition) is 0. The molecule has 9 heteroatoms. The fourth-order valence-electron chi connectivity index (χ4n) is 5.22. The first-order valence-corrected chi connectivity index (χ1v) is 14.3. The zero-order chi connectivity index (χ0) is 29.1. The molecule has 2 heterocycles. The van der Waals surface area contributed by atoms with Gasteiger partial charge < -0.3 is 18.9 Å². The minimum Gasteiger partial charge on any atom is -0.497 e. The van der Waals surface area contributed by atoms with Gasteiger partial charge in [0.1, 0.15) is 23.3 Å². The van der Waals surface area contributed by atoms with Crippen LogP contribution in [0.5, 0.6) is 17.2 Å². The van der Waals surface area contributed by atoms with E-state index in [9.17, 15) is 9.59 Å². The molecule has 1 aliphatic rings. The highest BCUT2D eigenvalue weighted by Crippen LogP contribution is 2.41. The van der Waals surface area contributed by atoms with Gasteiger partial charge in [-0.2, -0.15) is 0 Å². The van der Waals surface area contributed by atoms with Gasteiger partial charge in [-0.25, -0.2) is 9.79 Å². The molecule has 1 aliphatic heterocycles. The second kappa shape index (κ2) is 12.0. The molecule has 0 bridgehead atoms. The molecule has 212 valence electrons. The van der Waals surface area contributed by atoms with Crippen LogP contribution in [0, 0.1) is 0 Å². The van der Waals surface area contributed by atoms with Crippen LogP contribution in [0.25, 0.3) is 16.8 Å². The van der Waals surface area contributed by atoms with Crippen LogP contribution in [0.2, 0.25) is 0 Å². The number of methoxy groups -OCH3 is 3. The Labute approximate surface area is 241 Å². The maximum Gasteiger partial charge on any atom is 0.338 e. The van der Waals surface area contributed by atoms with Crippen LogP contribution in [0.1, 0.15) is 43.9 Å². The Bertz CT molecular complexity index is 1840. The predicted molar refractivity (Wildman–Crippen MR) is 160 cm³/mol. The first kappa shape index (κ1) is 28.2. The number of ether oxygens (including phenoxy) is 4. The molecule has 0 unspecified atom stereocenters. The van der Waals surface area contributed by atoms with Crippen molar-refractivity contribution < 1.29 is 23.7 Å². The molecule has 5 rings (SSSR count). The number of benzene rings is 3. The molecule has 1 atom stereocenters. The Hall–Kier alpha value is -4.37. The summed E-state index contributed by atoms with van der Waals surface area (Å²) in [7, 11) is 4.76. The fourth-order valence-corrected chi connectivity index (χ4v) is 6.23. The van der Waals surface area contributed by atoms with E-state index in [1.807, 2.05) is 49.4 Å². The SMILES string of the molecule is CCCC1=C(C(=O)OCC)[C@@H](c2c(OC)ccc3ccccc23)n2c(s/c(=C\c3cc(OC)ccc3OC)c2=O)=N1. The van der Waals surface area contributed by atoms with Gasteiger partial charge in [-0.15, -0.1) is 0 Å². The zero-order valence-corrected chi connectivity index (χ0v) is 24.5. The van der Waals surface area contributed by atoms with Crippen molar-refractivity contribution in [3.05, 3.63) is 96.7 Å². The Morgan fingerprint density at radius 2 is 1.76 bits per heavy atom. The topological polar surface area (TPSA) is 88.4 Å². The molecule has 8 nitrogen and oxygen atoms in total. The van der Waals surface area contributed by atoms with E-state index in [2.05, 4.69) is 0 Å². The lowest BCUT2D eigenvalue weighted by Gasteiger charge is -2.28. The molecule has 0 spiro atoms. The second-order valence-corrected chi connectivity index (χ2v) is 10.4. The number of hydrogen-bond acceptors (Lipinski definition) is 8. The summed E-state index contributed by atoms with van der Waals surface area (Å²) in [6.45, 7) is 3.99. The lowest BCUT2D eigenvalue weighted by molar-refractivity contribution is -0.139. The van der Waals surface area contributed by atoms with E-state index in [0.717, 1.165) is 17.2 Å². The quantitative estimate of drug-likeness (QED) is 0.269. The first-order valence-electron chi connectivity index (χ1n) is 13.4. The van der Waals surface area contributed by atoms with Gasteiger partial charge in [-0.05, 0) is 54.5 Å². The van der Waals surface area contributed by atoms with E-state index in [0.29, 0.717) is 55.4 Å². The van der Waals surface area contributed by atoms with Crippen molar-refractivity contribution in [2.45, 2.75) is 32.7 Å². The standard InChI is InChI=1S/C32H32N2O6S/c1-6-10-23-28(31(36)40-7-2)29(27-22-12-9-8-11-19(22)13-15-25(27)39-5)34-30(35)26(41-32(34)33-23)18-20-17-21(37-3)14-16-24(20)38-4/h8-9,11-18,29H,6-7,10H2,1-5H3/b26-18-/t29-/m1/s1. The van der Waals surface area contributed by atoms with Gasteiger partial charge >= 0.3 is 5.97 Å². The highest BCUT2D eigenvalue weighted by atomic mass is 32.1. The Morgan fingerprint density at radius 1 is 1.00 bits per heavy atom. The summed E-state index contributed by atoms with van der Waals surface area (Å²) in [5.74, 6) is 1.31. The van der Waals surface area contributed by atoms with Crippen LogP contribution in [-0.4, -0.2) is 38.5 Å². The maximum atomic E-state index is 14.3. The van der Waals surface area contributed by atoms with Crippen molar-refractivity contribution >= 4 is 34.2 Å². The molecule has 0 fully saturated rings. The maximum absolute atomic E-state index is 14.3. The lowest BCUT2D eigenvalue weighted by atomic mass is 9.90. The van der Waals surface area contributed by atoms with E-state index >= 15 is 0 Å². The van der Waals surface area contributed by atoms with Crippen LogP contribution in [0.15, 0.2) is 75.7 Å². The highest BCUT2D eigenvalue weighted by Gasteiger charge is 2.37. The number of carbonyl (C=O) groups is 1. The van der Waals surface area contributed by atoms with Crippen LogP contribution >= 0.6 is 11.3 Å². The minimum absolute atomic E-state index is 0.196. The van der Waals surface area contributed by atoms with Crippen molar-refractivity contribution in [1.29, 1.82) is 0 Å². The van der Waals surface area contributed by atoms with Gasteiger partial charge in [0.2, 0.25) is 0 Å². The zero-order valence-electron chi connectivity index (χ0n) is 23.7. The third-order valence-corrected chi connectivity index (χ3v) is 8.02. The summed E-state index contributed by atoms with van der Waals surface area (Å²) in [6, 6.07) is 16.3. The van der Waals surface area contributed by atoms with Gasteiger partial charge in [0.15, 0.2) is 4.80 Å². The van der Waals surface area contributed by atoms with Crippen LogP contribution in [0.3, 0.4) is 0 Å². The van der Waals surface area contributed by atoms with Crippen LogP contribution in [-0.2, 0) is 9.53 Å². The number of esters is 1. The summed E-state index contributed by atoms with van der Waals surface area (Å²) < 4.78 is 24.4. The van der Waals surface area contributed by atoms with E-state index < -0.39 is 12.0 Å². The second-order valence-electron chi connectivity index (χ2n) is 9.42.